The number of nitrogens with one attached hydrogen (secondary N) is 1. The average molecular weight is 306 g/mol. The number of hydrogen-bond acceptors (Lipinski definition) is 3. The highest BCUT2D eigenvalue weighted by Gasteiger charge is 2.28. The summed E-state index contributed by atoms with van der Waals surface area (Å²) in [6.07, 6.45) is 1.86. The zero-order valence-electron chi connectivity index (χ0n) is 14.0. The smallest absolute Gasteiger partial charge is 0.303 e. The van der Waals surface area contributed by atoms with Crippen molar-refractivity contribution >= 4 is 11.9 Å². The van der Waals surface area contributed by atoms with Crippen LogP contribution in [0.5, 0.6) is 0 Å². The van der Waals surface area contributed by atoms with Gasteiger partial charge in [-0.15, -0.1) is 0 Å². The lowest BCUT2D eigenvalue weighted by Crippen LogP contribution is -2.35. The van der Waals surface area contributed by atoms with Crippen molar-refractivity contribution in [2.45, 2.75) is 53.5 Å². The highest BCUT2D eigenvalue weighted by molar-refractivity contribution is 5.78. The molecule has 5 nitrogen and oxygen atoms in total. The molecule has 0 aromatic carbocycles. The van der Waals surface area contributed by atoms with E-state index in [9.17, 15) is 9.59 Å². The molecule has 0 aliphatic rings. The molecule has 0 aliphatic carbocycles. The van der Waals surface area contributed by atoms with Gasteiger partial charge in [0.15, 0.2) is 0 Å². The van der Waals surface area contributed by atoms with Crippen molar-refractivity contribution in [1.29, 1.82) is 0 Å². The van der Waals surface area contributed by atoms with E-state index in [2.05, 4.69) is 10.3 Å². The van der Waals surface area contributed by atoms with Crippen LogP contribution in [0.4, 0.5) is 0 Å². The first kappa shape index (κ1) is 18.1. The molecule has 0 aliphatic heterocycles. The predicted octanol–water partition coefficient (Wildman–Crippen LogP) is 3.09. The summed E-state index contributed by atoms with van der Waals surface area (Å²) in [4.78, 5) is 27.5. The molecular formula is C17H26N2O3. The Balaban J connectivity index is 2.82. The van der Waals surface area contributed by atoms with Crippen LogP contribution in [-0.4, -0.2) is 22.0 Å². The third kappa shape index (κ3) is 5.47. The van der Waals surface area contributed by atoms with Crippen LogP contribution in [0.25, 0.3) is 0 Å². The SMILES string of the molecule is Cc1cccnc1C(NC(=O)CC(C)(C)CC(=O)O)C(C)C. The lowest BCUT2D eigenvalue weighted by atomic mass is 9.85. The van der Waals surface area contributed by atoms with Gasteiger partial charge in [0, 0.05) is 12.6 Å². The third-order valence-corrected chi connectivity index (χ3v) is 3.60. The van der Waals surface area contributed by atoms with Crippen LogP contribution < -0.4 is 5.32 Å². The van der Waals surface area contributed by atoms with Gasteiger partial charge in [-0.25, -0.2) is 0 Å². The molecular weight excluding hydrogens is 280 g/mol. The zero-order valence-corrected chi connectivity index (χ0v) is 14.0. The van der Waals surface area contributed by atoms with Crippen LogP contribution in [0.2, 0.25) is 0 Å². The molecule has 1 heterocycles. The van der Waals surface area contributed by atoms with E-state index in [1.807, 2.05) is 32.9 Å². The number of pyridine rings is 1. The molecule has 0 saturated carbocycles. The van der Waals surface area contributed by atoms with Gasteiger partial charge in [-0.1, -0.05) is 33.8 Å². The Morgan fingerprint density at radius 2 is 1.95 bits per heavy atom. The van der Waals surface area contributed by atoms with E-state index in [1.165, 1.54) is 0 Å². The number of aliphatic carboxylic acids is 1. The fourth-order valence-corrected chi connectivity index (χ4v) is 2.51. The number of rotatable bonds is 7. The Morgan fingerprint density at radius 1 is 1.32 bits per heavy atom. The zero-order chi connectivity index (χ0) is 16.9. The lowest BCUT2D eigenvalue weighted by Gasteiger charge is -2.27. The van der Waals surface area contributed by atoms with Crippen molar-refractivity contribution in [2.24, 2.45) is 11.3 Å². The molecule has 0 spiro atoms. The summed E-state index contributed by atoms with van der Waals surface area (Å²) in [7, 11) is 0. The van der Waals surface area contributed by atoms with Crippen molar-refractivity contribution in [3.63, 3.8) is 0 Å². The molecule has 22 heavy (non-hydrogen) atoms. The number of hydrogen-bond donors (Lipinski definition) is 2. The van der Waals surface area contributed by atoms with Gasteiger partial charge < -0.3 is 10.4 Å². The maximum atomic E-state index is 12.3. The van der Waals surface area contributed by atoms with Crippen LogP contribution >= 0.6 is 0 Å². The summed E-state index contributed by atoms with van der Waals surface area (Å²) in [5.74, 6) is -0.839. The lowest BCUT2D eigenvalue weighted by molar-refractivity contribution is -0.139. The van der Waals surface area contributed by atoms with Gasteiger partial charge in [0.1, 0.15) is 0 Å². The van der Waals surface area contributed by atoms with Crippen molar-refractivity contribution in [1.82, 2.24) is 10.3 Å². The monoisotopic (exact) mass is 306 g/mol. The summed E-state index contributed by atoms with van der Waals surface area (Å²) in [5.41, 5.74) is 1.32. The summed E-state index contributed by atoms with van der Waals surface area (Å²) >= 11 is 0. The van der Waals surface area contributed by atoms with E-state index in [0.29, 0.717) is 0 Å². The van der Waals surface area contributed by atoms with Crippen LogP contribution in [0.15, 0.2) is 18.3 Å². The van der Waals surface area contributed by atoms with E-state index in [0.717, 1.165) is 11.3 Å². The second kappa shape index (κ2) is 7.38. The average Bonchev–Trinajstić information content (AvgIpc) is 2.34. The standard InChI is InChI=1S/C17H26N2O3/c1-11(2)15(16-12(3)7-6-8-18-16)19-13(20)9-17(4,5)10-14(21)22/h6-8,11,15H,9-10H2,1-5H3,(H,19,20)(H,21,22). The molecule has 0 saturated heterocycles. The van der Waals surface area contributed by atoms with Gasteiger partial charge in [-0.05, 0) is 29.9 Å². The predicted molar refractivity (Wildman–Crippen MR) is 85.3 cm³/mol. The Morgan fingerprint density at radius 3 is 2.45 bits per heavy atom. The third-order valence-electron chi connectivity index (χ3n) is 3.60. The molecule has 0 fully saturated rings. The molecule has 0 bridgehead atoms. The van der Waals surface area contributed by atoms with E-state index >= 15 is 0 Å². The number of carbonyl (C=O) groups excluding carboxylic acids is 1. The molecule has 1 rings (SSSR count). The van der Waals surface area contributed by atoms with Crippen LogP contribution in [0.1, 0.15) is 57.8 Å². The number of carbonyl (C=O) groups is 2. The van der Waals surface area contributed by atoms with Crippen LogP contribution in [0.3, 0.4) is 0 Å². The molecule has 1 unspecified atom stereocenters. The number of nitrogens with zero attached hydrogens (tertiary/aromatic N) is 1. The number of aromatic nitrogens is 1. The van der Waals surface area contributed by atoms with Gasteiger partial charge in [0.05, 0.1) is 18.2 Å². The van der Waals surface area contributed by atoms with Crippen molar-refractivity contribution < 1.29 is 14.7 Å². The number of aryl methyl sites for hydroxylation is 1. The largest absolute Gasteiger partial charge is 0.481 e. The summed E-state index contributed by atoms with van der Waals surface area (Å²) in [6, 6.07) is 3.67. The van der Waals surface area contributed by atoms with Gasteiger partial charge in [-0.3, -0.25) is 14.6 Å². The number of carboxylic acids is 1. The van der Waals surface area contributed by atoms with Crippen molar-refractivity contribution in [3.8, 4) is 0 Å². The Hall–Kier alpha value is -1.91. The molecule has 5 heteroatoms. The highest BCUT2D eigenvalue weighted by atomic mass is 16.4. The fourth-order valence-electron chi connectivity index (χ4n) is 2.51. The highest BCUT2D eigenvalue weighted by Crippen LogP contribution is 2.27. The van der Waals surface area contributed by atoms with E-state index < -0.39 is 11.4 Å². The van der Waals surface area contributed by atoms with E-state index in [1.54, 1.807) is 20.0 Å². The maximum absolute atomic E-state index is 12.3. The minimum absolute atomic E-state index is 0.0324. The molecule has 2 N–H and O–H groups in total. The van der Waals surface area contributed by atoms with Crippen LogP contribution in [-0.2, 0) is 9.59 Å². The summed E-state index contributed by atoms with van der Waals surface area (Å²) in [6.45, 7) is 9.61. The Kier molecular flexibility index (Phi) is 6.09. The normalized spacial score (nSPS) is 13.0. The van der Waals surface area contributed by atoms with Gasteiger partial charge in [0.25, 0.3) is 0 Å². The number of amides is 1. The Labute approximate surface area is 132 Å². The quantitative estimate of drug-likeness (QED) is 0.811. The molecule has 1 aromatic heterocycles. The molecule has 1 atom stereocenters. The Bertz CT molecular complexity index is 538. The van der Waals surface area contributed by atoms with E-state index in [4.69, 9.17) is 5.11 Å². The first-order valence-corrected chi connectivity index (χ1v) is 7.55. The topological polar surface area (TPSA) is 79.3 Å². The molecule has 122 valence electrons. The number of carboxylic acid groups (broad SMARTS) is 1. The minimum atomic E-state index is -0.890. The molecule has 1 amide bonds. The van der Waals surface area contributed by atoms with Crippen LogP contribution in [0, 0.1) is 18.3 Å². The van der Waals surface area contributed by atoms with Gasteiger partial charge in [-0.2, -0.15) is 0 Å². The molecule has 0 radical (unpaired) electrons. The van der Waals surface area contributed by atoms with Gasteiger partial charge >= 0.3 is 5.97 Å². The van der Waals surface area contributed by atoms with Crippen molar-refractivity contribution in [3.05, 3.63) is 29.6 Å². The molecule has 1 aromatic rings. The van der Waals surface area contributed by atoms with Gasteiger partial charge in [0.2, 0.25) is 5.91 Å². The fraction of sp³-hybridized carbons (Fsp3) is 0.588. The summed E-state index contributed by atoms with van der Waals surface area (Å²) in [5, 5.41) is 11.9. The summed E-state index contributed by atoms with van der Waals surface area (Å²) < 4.78 is 0. The maximum Gasteiger partial charge on any atom is 0.303 e. The second-order valence-electron chi connectivity index (χ2n) is 6.91. The first-order valence-electron chi connectivity index (χ1n) is 7.55. The second-order valence-corrected chi connectivity index (χ2v) is 6.91. The van der Waals surface area contributed by atoms with Crippen molar-refractivity contribution in [2.75, 3.05) is 0 Å². The minimum Gasteiger partial charge on any atom is -0.481 e. The first-order chi connectivity index (χ1) is 10.1. The van der Waals surface area contributed by atoms with E-state index in [-0.39, 0.29) is 30.7 Å².